The zero-order valence-corrected chi connectivity index (χ0v) is 13.0. The average molecular weight is 275 g/mol. The van der Waals surface area contributed by atoms with Crippen LogP contribution in [0, 0.1) is 11.3 Å². The van der Waals surface area contributed by atoms with E-state index in [0.29, 0.717) is 0 Å². The first kappa shape index (κ1) is 15.5. The van der Waals surface area contributed by atoms with Crippen LogP contribution in [0.4, 0.5) is 0 Å². The molecule has 0 aromatic heterocycles. The van der Waals surface area contributed by atoms with E-state index in [-0.39, 0.29) is 5.41 Å². The molecule has 1 saturated carbocycles. The summed E-state index contributed by atoms with van der Waals surface area (Å²) < 4.78 is 5.52. The Hall–Kier alpha value is -0.860. The zero-order chi connectivity index (χ0) is 14.3. The van der Waals surface area contributed by atoms with Gasteiger partial charge in [0.2, 0.25) is 0 Å². The van der Waals surface area contributed by atoms with Crippen LogP contribution >= 0.6 is 0 Å². The second-order valence-corrected chi connectivity index (χ2v) is 6.51. The molecule has 1 aliphatic rings. The van der Waals surface area contributed by atoms with Crippen LogP contribution in [0.25, 0.3) is 0 Å². The first-order valence-electron chi connectivity index (χ1n) is 7.98. The Morgan fingerprint density at radius 3 is 2.50 bits per heavy atom. The fourth-order valence-electron chi connectivity index (χ4n) is 3.53. The van der Waals surface area contributed by atoms with Gasteiger partial charge in [0.05, 0.1) is 6.61 Å². The highest BCUT2D eigenvalue weighted by Crippen LogP contribution is 2.38. The van der Waals surface area contributed by atoms with Crippen LogP contribution in [0.2, 0.25) is 0 Å². The van der Waals surface area contributed by atoms with E-state index in [1.54, 1.807) is 0 Å². The van der Waals surface area contributed by atoms with E-state index in [2.05, 4.69) is 42.6 Å². The number of methoxy groups -OCH3 is 1. The van der Waals surface area contributed by atoms with E-state index < -0.39 is 0 Å². The van der Waals surface area contributed by atoms with Crippen LogP contribution in [-0.4, -0.2) is 20.3 Å². The molecule has 0 amide bonds. The van der Waals surface area contributed by atoms with Crippen molar-refractivity contribution in [2.75, 3.05) is 20.3 Å². The van der Waals surface area contributed by atoms with E-state index in [9.17, 15) is 0 Å². The molecule has 0 spiro atoms. The first-order valence-corrected chi connectivity index (χ1v) is 7.98. The number of ether oxygens (including phenoxy) is 1. The smallest absolute Gasteiger partial charge is 0.0530 e. The number of hydrogen-bond acceptors (Lipinski definition) is 2. The van der Waals surface area contributed by atoms with Crippen molar-refractivity contribution in [1.82, 2.24) is 5.32 Å². The van der Waals surface area contributed by atoms with Gasteiger partial charge in [0, 0.05) is 25.6 Å². The van der Waals surface area contributed by atoms with Gasteiger partial charge in [-0.15, -0.1) is 0 Å². The van der Waals surface area contributed by atoms with Gasteiger partial charge in [-0.1, -0.05) is 56.5 Å². The van der Waals surface area contributed by atoms with E-state index in [1.165, 1.54) is 37.7 Å². The Bertz CT molecular complexity index is 372. The summed E-state index contributed by atoms with van der Waals surface area (Å²) >= 11 is 0. The molecule has 1 N–H and O–H groups in total. The minimum Gasteiger partial charge on any atom is -0.384 e. The van der Waals surface area contributed by atoms with Crippen LogP contribution in [0.1, 0.15) is 44.6 Å². The normalized spacial score (nSPS) is 19.7. The van der Waals surface area contributed by atoms with Crippen molar-refractivity contribution < 1.29 is 4.74 Å². The highest BCUT2D eigenvalue weighted by Gasteiger charge is 2.34. The Balaban J connectivity index is 1.87. The fraction of sp³-hybridized carbons (Fsp3) is 0.667. The number of hydrogen-bond donors (Lipinski definition) is 1. The number of benzene rings is 1. The maximum Gasteiger partial charge on any atom is 0.0530 e. The second-order valence-electron chi connectivity index (χ2n) is 6.51. The topological polar surface area (TPSA) is 21.3 Å². The van der Waals surface area contributed by atoms with Gasteiger partial charge in [0.15, 0.2) is 0 Å². The van der Waals surface area contributed by atoms with E-state index in [4.69, 9.17) is 4.74 Å². The van der Waals surface area contributed by atoms with Gasteiger partial charge in [-0.2, -0.15) is 0 Å². The molecular weight excluding hydrogens is 246 g/mol. The third-order valence-corrected chi connectivity index (χ3v) is 4.77. The molecule has 20 heavy (non-hydrogen) atoms. The van der Waals surface area contributed by atoms with Gasteiger partial charge in [-0.05, 0) is 24.3 Å². The number of nitrogens with one attached hydrogen (secondary N) is 1. The standard InChI is InChI=1S/C18H29NO/c1-18(15-20-2,17-11-7-4-8-12-17)14-19-13-16-9-5-3-6-10-16/h3,5-6,9-10,17,19H,4,7-8,11-15H2,1-2H3. The Labute approximate surface area is 123 Å². The summed E-state index contributed by atoms with van der Waals surface area (Å²) in [4.78, 5) is 0. The Morgan fingerprint density at radius 1 is 1.15 bits per heavy atom. The summed E-state index contributed by atoms with van der Waals surface area (Å²) in [5, 5.41) is 3.64. The monoisotopic (exact) mass is 275 g/mol. The predicted octanol–water partition coefficient (Wildman–Crippen LogP) is 4.01. The van der Waals surface area contributed by atoms with Gasteiger partial charge in [-0.3, -0.25) is 0 Å². The summed E-state index contributed by atoms with van der Waals surface area (Å²) in [5.41, 5.74) is 1.63. The molecule has 1 aromatic carbocycles. The maximum absolute atomic E-state index is 5.52. The lowest BCUT2D eigenvalue weighted by atomic mass is 9.70. The van der Waals surface area contributed by atoms with Gasteiger partial charge >= 0.3 is 0 Å². The average Bonchev–Trinajstić information content (AvgIpc) is 2.49. The third kappa shape index (κ3) is 4.32. The quantitative estimate of drug-likeness (QED) is 0.812. The van der Waals surface area contributed by atoms with Crippen LogP contribution in [0.3, 0.4) is 0 Å². The van der Waals surface area contributed by atoms with Crippen molar-refractivity contribution >= 4 is 0 Å². The van der Waals surface area contributed by atoms with E-state index in [0.717, 1.165) is 25.6 Å². The molecule has 0 heterocycles. The summed E-state index contributed by atoms with van der Waals surface area (Å²) in [6, 6.07) is 10.6. The molecule has 2 heteroatoms. The summed E-state index contributed by atoms with van der Waals surface area (Å²) in [6.07, 6.45) is 6.93. The van der Waals surface area contributed by atoms with E-state index in [1.807, 2.05) is 7.11 Å². The molecule has 0 aliphatic heterocycles. The second kappa shape index (κ2) is 7.80. The Morgan fingerprint density at radius 2 is 1.85 bits per heavy atom. The molecule has 1 aliphatic carbocycles. The molecule has 2 rings (SSSR count). The lowest BCUT2D eigenvalue weighted by Crippen LogP contribution is -2.42. The molecule has 1 unspecified atom stereocenters. The first-order chi connectivity index (χ1) is 9.74. The minimum absolute atomic E-state index is 0.268. The maximum atomic E-state index is 5.52. The molecule has 112 valence electrons. The SMILES string of the molecule is COCC(C)(CNCc1ccccc1)C1CCCCC1. The highest BCUT2D eigenvalue weighted by atomic mass is 16.5. The molecule has 1 aromatic rings. The Kier molecular flexibility index (Phi) is 6.06. The predicted molar refractivity (Wildman–Crippen MR) is 84.7 cm³/mol. The van der Waals surface area contributed by atoms with Crippen molar-refractivity contribution in [1.29, 1.82) is 0 Å². The summed E-state index contributed by atoms with van der Waals surface area (Å²) in [6.45, 7) is 5.25. The van der Waals surface area contributed by atoms with Crippen molar-refractivity contribution in [3.63, 3.8) is 0 Å². The molecule has 0 bridgehead atoms. The zero-order valence-electron chi connectivity index (χ0n) is 13.0. The lowest BCUT2D eigenvalue weighted by Gasteiger charge is -2.39. The van der Waals surface area contributed by atoms with Gasteiger partial charge in [0.25, 0.3) is 0 Å². The summed E-state index contributed by atoms with van der Waals surface area (Å²) in [5.74, 6) is 0.805. The lowest BCUT2D eigenvalue weighted by molar-refractivity contribution is 0.0291. The van der Waals surface area contributed by atoms with E-state index >= 15 is 0 Å². The molecular formula is C18H29NO. The molecule has 0 radical (unpaired) electrons. The minimum atomic E-state index is 0.268. The molecule has 1 fully saturated rings. The molecule has 2 nitrogen and oxygen atoms in total. The van der Waals surface area contributed by atoms with Gasteiger partial charge in [0.1, 0.15) is 0 Å². The van der Waals surface area contributed by atoms with Crippen molar-refractivity contribution in [2.45, 2.75) is 45.6 Å². The summed E-state index contributed by atoms with van der Waals surface area (Å²) in [7, 11) is 1.83. The van der Waals surface area contributed by atoms with Crippen LogP contribution in [0.15, 0.2) is 30.3 Å². The van der Waals surface area contributed by atoms with Crippen LogP contribution in [-0.2, 0) is 11.3 Å². The van der Waals surface area contributed by atoms with Crippen molar-refractivity contribution in [2.24, 2.45) is 11.3 Å². The highest BCUT2D eigenvalue weighted by molar-refractivity contribution is 5.14. The van der Waals surface area contributed by atoms with Crippen molar-refractivity contribution in [3.05, 3.63) is 35.9 Å². The largest absolute Gasteiger partial charge is 0.384 e. The van der Waals surface area contributed by atoms with Crippen LogP contribution in [0.5, 0.6) is 0 Å². The van der Waals surface area contributed by atoms with Gasteiger partial charge < -0.3 is 10.1 Å². The fourth-order valence-corrected chi connectivity index (χ4v) is 3.53. The molecule has 1 atom stereocenters. The number of rotatable bonds is 7. The van der Waals surface area contributed by atoms with Crippen LogP contribution < -0.4 is 5.32 Å². The van der Waals surface area contributed by atoms with Crippen molar-refractivity contribution in [3.8, 4) is 0 Å². The van der Waals surface area contributed by atoms with Gasteiger partial charge in [-0.25, -0.2) is 0 Å². The molecule has 0 saturated heterocycles. The third-order valence-electron chi connectivity index (χ3n) is 4.77.